The normalized spacial score (nSPS) is 15.7. The minimum atomic E-state index is -0.0879. The van der Waals surface area contributed by atoms with E-state index < -0.39 is 0 Å². The molecule has 0 fully saturated rings. The molecule has 1 atom stereocenters. The van der Waals surface area contributed by atoms with Crippen molar-refractivity contribution in [1.82, 2.24) is 9.80 Å². The number of benzene rings is 1. The average Bonchev–Trinajstić information content (AvgIpc) is 3.20. The van der Waals surface area contributed by atoms with Crippen molar-refractivity contribution in [3.63, 3.8) is 0 Å². The molecular weight excluding hydrogens is 380 g/mol. The molecule has 29 heavy (non-hydrogen) atoms. The molecule has 2 aromatic rings. The van der Waals surface area contributed by atoms with Crippen LogP contribution in [0.1, 0.15) is 53.8 Å². The van der Waals surface area contributed by atoms with Crippen molar-refractivity contribution in [2.75, 3.05) is 19.6 Å². The van der Waals surface area contributed by atoms with Crippen LogP contribution in [0.25, 0.3) is 0 Å². The highest BCUT2D eigenvalue weighted by Gasteiger charge is 2.34. The summed E-state index contributed by atoms with van der Waals surface area (Å²) >= 11 is 1.76. The summed E-state index contributed by atoms with van der Waals surface area (Å²) in [5.74, 6) is 0.0302. The van der Waals surface area contributed by atoms with Crippen LogP contribution in [0.15, 0.2) is 48.4 Å². The predicted molar refractivity (Wildman–Crippen MR) is 119 cm³/mol. The van der Waals surface area contributed by atoms with Gasteiger partial charge < -0.3 is 9.80 Å². The number of carbonyl (C=O) groups is 2. The third kappa shape index (κ3) is 4.78. The number of unbranched alkanes of at least 4 members (excludes halogenated alkanes) is 1. The summed E-state index contributed by atoms with van der Waals surface area (Å²) in [4.78, 5) is 30.9. The summed E-state index contributed by atoms with van der Waals surface area (Å²) in [7, 11) is 0. The van der Waals surface area contributed by atoms with Crippen molar-refractivity contribution < 1.29 is 9.59 Å². The standard InChI is InChI=1S/C24H30N2O2S/c1-4-6-11-22(27)25(14-5-2)17-23(28)26-15-12-21-20(13-16-29-21)24(26)19-10-8-7-9-18(19)3/h5,7-10,13,16,24H,2,4,6,11-12,14-15,17H2,1,3H3/t24-/m0/s1. The third-order valence-electron chi connectivity index (χ3n) is 5.54. The Hall–Kier alpha value is -2.40. The summed E-state index contributed by atoms with van der Waals surface area (Å²) < 4.78 is 0. The van der Waals surface area contributed by atoms with E-state index in [1.807, 2.05) is 17.0 Å². The highest BCUT2D eigenvalue weighted by Crippen LogP contribution is 2.38. The second kappa shape index (κ2) is 9.88. The van der Waals surface area contributed by atoms with E-state index in [0.29, 0.717) is 19.5 Å². The molecule has 0 bridgehead atoms. The Balaban J connectivity index is 1.87. The summed E-state index contributed by atoms with van der Waals surface area (Å²) in [6, 6.07) is 10.3. The van der Waals surface area contributed by atoms with Crippen LogP contribution >= 0.6 is 11.3 Å². The Morgan fingerprint density at radius 2 is 2.07 bits per heavy atom. The summed E-state index contributed by atoms with van der Waals surface area (Å²) in [6.07, 6.45) is 4.85. The van der Waals surface area contributed by atoms with Gasteiger partial charge in [0.2, 0.25) is 11.8 Å². The van der Waals surface area contributed by atoms with Gasteiger partial charge in [0.05, 0.1) is 6.04 Å². The molecule has 154 valence electrons. The van der Waals surface area contributed by atoms with Crippen molar-refractivity contribution >= 4 is 23.2 Å². The fourth-order valence-corrected chi connectivity index (χ4v) is 4.87. The quantitative estimate of drug-likeness (QED) is 0.590. The zero-order chi connectivity index (χ0) is 20.8. The van der Waals surface area contributed by atoms with E-state index in [1.54, 1.807) is 22.3 Å². The van der Waals surface area contributed by atoms with Gasteiger partial charge in [-0.25, -0.2) is 0 Å². The Bertz CT molecular complexity index is 873. The molecule has 0 radical (unpaired) electrons. The maximum Gasteiger partial charge on any atom is 0.243 e. The first-order valence-corrected chi connectivity index (χ1v) is 11.2. The highest BCUT2D eigenvalue weighted by molar-refractivity contribution is 7.10. The molecule has 2 amide bonds. The van der Waals surface area contributed by atoms with Crippen molar-refractivity contribution in [3.8, 4) is 0 Å². The largest absolute Gasteiger partial charge is 0.330 e. The first-order valence-electron chi connectivity index (χ1n) is 10.4. The maximum atomic E-state index is 13.4. The number of thiophene rings is 1. The number of aryl methyl sites for hydroxylation is 1. The van der Waals surface area contributed by atoms with Gasteiger partial charge in [-0.05, 0) is 47.9 Å². The van der Waals surface area contributed by atoms with Gasteiger partial charge in [-0.1, -0.05) is 43.7 Å². The fraction of sp³-hybridized carbons (Fsp3) is 0.417. The van der Waals surface area contributed by atoms with Crippen LogP contribution in [0, 0.1) is 6.92 Å². The predicted octanol–water partition coefficient (Wildman–Crippen LogP) is 4.74. The zero-order valence-electron chi connectivity index (χ0n) is 17.4. The molecule has 0 unspecified atom stereocenters. The van der Waals surface area contributed by atoms with Gasteiger partial charge in [0.25, 0.3) is 0 Å². The summed E-state index contributed by atoms with van der Waals surface area (Å²) in [6.45, 7) is 9.11. The molecule has 0 saturated heterocycles. The minimum Gasteiger partial charge on any atom is -0.330 e. The van der Waals surface area contributed by atoms with Gasteiger partial charge >= 0.3 is 0 Å². The fourth-order valence-electron chi connectivity index (χ4n) is 3.96. The molecule has 2 heterocycles. The third-order valence-corrected chi connectivity index (χ3v) is 6.54. The van der Waals surface area contributed by atoms with Crippen LogP contribution in [-0.4, -0.2) is 41.2 Å². The lowest BCUT2D eigenvalue weighted by Gasteiger charge is -2.38. The Morgan fingerprint density at radius 1 is 1.28 bits per heavy atom. The molecule has 0 spiro atoms. The number of nitrogens with zero attached hydrogens (tertiary/aromatic N) is 2. The van der Waals surface area contributed by atoms with E-state index in [0.717, 1.165) is 24.8 Å². The molecular formula is C24H30N2O2S. The van der Waals surface area contributed by atoms with E-state index in [-0.39, 0.29) is 24.4 Å². The van der Waals surface area contributed by atoms with Crippen molar-refractivity contribution in [3.05, 3.63) is 69.9 Å². The number of carbonyl (C=O) groups excluding carboxylic acids is 2. The lowest BCUT2D eigenvalue weighted by atomic mass is 9.90. The van der Waals surface area contributed by atoms with E-state index in [2.05, 4.69) is 44.0 Å². The van der Waals surface area contributed by atoms with Crippen LogP contribution in [0.3, 0.4) is 0 Å². The van der Waals surface area contributed by atoms with Crippen LogP contribution in [0.2, 0.25) is 0 Å². The monoisotopic (exact) mass is 410 g/mol. The number of amides is 2. The first-order chi connectivity index (χ1) is 14.1. The molecule has 1 aromatic heterocycles. The van der Waals surface area contributed by atoms with E-state index >= 15 is 0 Å². The minimum absolute atomic E-state index is 0.00167. The Labute approximate surface area is 177 Å². The number of rotatable bonds is 8. The number of hydrogen-bond acceptors (Lipinski definition) is 3. The number of fused-ring (bicyclic) bond motifs is 1. The smallest absolute Gasteiger partial charge is 0.243 e. The lowest BCUT2D eigenvalue weighted by Crippen LogP contribution is -2.47. The van der Waals surface area contributed by atoms with Gasteiger partial charge in [0.1, 0.15) is 6.54 Å². The van der Waals surface area contributed by atoms with Crippen molar-refractivity contribution in [2.45, 2.75) is 45.6 Å². The topological polar surface area (TPSA) is 40.6 Å². The van der Waals surface area contributed by atoms with Crippen molar-refractivity contribution in [2.24, 2.45) is 0 Å². The Morgan fingerprint density at radius 3 is 2.79 bits per heavy atom. The molecule has 0 saturated carbocycles. The Kier molecular flexibility index (Phi) is 7.26. The molecule has 1 aliphatic heterocycles. The SMILES string of the molecule is C=CCN(CC(=O)N1CCc2sccc2[C@@H]1c1ccccc1C)C(=O)CCCC. The van der Waals surface area contributed by atoms with Gasteiger partial charge in [0, 0.05) is 24.4 Å². The lowest BCUT2D eigenvalue weighted by molar-refractivity contribution is -0.141. The van der Waals surface area contributed by atoms with Gasteiger partial charge in [-0.15, -0.1) is 17.9 Å². The molecule has 5 heteroatoms. The second-order valence-electron chi connectivity index (χ2n) is 7.56. The summed E-state index contributed by atoms with van der Waals surface area (Å²) in [5.41, 5.74) is 3.56. The van der Waals surface area contributed by atoms with Crippen LogP contribution < -0.4 is 0 Å². The van der Waals surface area contributed by atoms with E-state index in [9.17, 15) is 9.59 Å². The zero-order valence-corrected chi connectivity index (χ0v) is 18.2. The molecule has 1 aliphatic rings. The van der Waals surface area contributed by atoms with Crippen LogP contribution in [0.5, 0.6) is 0 Å². The first kappa shape index (κ1) is 21.3. The maximum absolute atomic E-state index is 13.4. The van der Waals surface area contributed by atoms with Gasteiger partial charge in [-0.2, -0.15) is 0 Å². The molecule has 0 aliphatic carbocycles. The highest BCUT2D eigenvalue weighted by atomic mass is 32.1. The second-order valence-corrected chi connectivity index (χ2v) is 8.56. The molecule has 1 aromatic carbocycles. The number of hydrogen-bond donors (Lipinski definition) is 0. The molecule has 3 rings (SSSR count). The van der Waals surface area contributed by atoms with E-state index in [4.69, 9.17) is 0 Å². The molecule has 4 nitrogen and oxygen atoms in total. The van der Waals surface area contributed by atoms with Crippen LogP contribution in [0.4, 0.5) is 0 Å². The van der Waals surface area contributed by atoms with Gasteiger partial charge in [-0.3, -0.25) is 9.59 Å². The average molecular weight is 411 g/mol. The van der Waals surface area contributed by atoms with Gasteiger partial charge in [0.15, 0.2) is 0 Å². The van der Waals surface area contributed by atoms with E-state index in [1.165, 1.54) is 16.0 Å². The van der Waals surface area contributed by atoms with Crippen molar-refractivity contribution in [1.29, 1.82) is 0 Å². The van der Waals surface area contributed by atoms with Crippen LogP contribution in [-0.2, 0) is 16.0 Å². The molecule has 0 N–H and O–H groups in total. The summed E-state index contributed by atoms with van der Waals surface area (Å²) in [5, 5.41) is 2.11.